The largest absolute Gasteiger partial charge is 0.492 e. The lowest BCUT2D eigenvalue weighted by Gasteiger charge is -2.21. The van der Waals surface area contributed by atoms with Crippen LogP contribution >= 0.6 is 11.6 Å². The first-order valence-corrected chi connectivity index (χ1v) is 8.79. The lowest BCUT2D eigenvalue weighted by Crippen LogP contribution is -2.35. The second kappa shape index (κ2) is 5.04. The molecule has 0 bridgehead atoms. The predicted molar refractivity (Wildman–Crippen MR) is 76.4 cm³/mol. The molecule has 1 atom stereocenters. The van der Waals surface area contributed by atoms with Crippen molar-refractivity contribution in [2.24, 2.45) is 0 Å². The fourth-order valence-electron chi connectivity index (χ4n) is 2.87. The number of halogens is 1. The molecule has 1 aromatic carbocycles. The molecule has 0 aromatic heterocycles. The summed E-state index contributed by atoms with van der Waals surface area (Å²) < 4.78 is 29.7. The molecule has 1 aromatic rings. The van der Waals surface area contributed by atoms with Gasteiger partial charge >= 0.3 is 0 Å². The molecule has 3 rings (SSSR count). The van der Waals surface area contributed by atoms with Crippen LogP contribution in [0.25, 0.3) is 0 Å². The van der Waals surface area contributed by atoms with Gasteiger partial charge in [0.05, 0.1) is 17.9 Å². The van der Waals surface area contributed by atoms with E-state index >= 15 is 0 Å². The molecule has 0 saturated carbocycles. The average Bonchev–Trinajstić information content (AvgIpc) is 2.84. The third-order valence-electron chi connectivity index (χ3n) is 3.88. The van der Waals surface area contributed by atoms with Crippen molar-refractivity contribution in [2.75, 3.05) is 12.4 Å². The molecule has 2 aliphatic rings. The zero-order chi connectivity index (χ0) is 14.3. The standard InChI is InChI=1S/C14H15ClO4S/c15-10-7-9-4-5-19-14(9)11(8-10)13(16)12-3-1-2-6-20(12,17)18/h7-8,12H,1-6H2. The van der Waals surface area contributed by atoms with Crippen LogP contribution in [0.1, 0.15) is 35.2 Å². The molecular weight excluding hydrogens is 300 g/mol. The zero-order valence-electron chi connectivity index (χ0n) is 10.9. The Kier molecular flexibility index (Phi) is 3.50. The van der Waals surface area contributed by atoms with Crippen molar-refractivity contribution in [1.82, 2.24) is 0 Å². The normalized spacial score (nSPS) is 23.9. The Hall–Kier alpha value is -1.07. The lowest BCUT2D eigenvalue weighted by molar-refractivity contribution is 0.0978. The zero-order valence-corrected chi connectivity index (χ0v) is 12.5. The van der Waals surface area contributed by atoms with E-state index in [-0.39, 0.29) is 11.5 Å². The van der Waals surface area contributed by atoms with Crippen molar-refractivity contribution in [3.63, 3.8) is 0 Å². The van der Waals surface area contributed by atoms with Gasteiger partial charge in [-0.15, -0.1) is 0 Å². The van der Waals surface area contributed by atoms with Crippen LogP contribution in [-0.2, 0) is 16.3 Å². The highest BCUT2D eigenvalue weighted by Crippen LogP contribution is 2.35. The summed E-state index contributed by atoms with van der Waals surface area (Å²) >= 11 is 6.03. The topological polar surface area (TPSA) is 60.4 Å². The van der Waals surface area contributed by atoms with E-state index in [1.165, 1.54) is 6.07 Å². The molecule has 1 saturated heterocycles. The maximum Gasteiger partial charge on any atom is 0.184 e. The molecule has 0 amide bonds. The van der Waals surface area contributed by atoms with Crippen molar-refractivity contribution < 1.29 is 17.9 Å². The van der Waals surface area contributed by atoms with Gasteiger partial charge in [0.15, 0.2) is 15.6 Å². The third kappa shape index (κ3) is 2.33. The second-order valence-electron chi connectivity index (χ2n) is 5.26. The van der Waals surface area contributed by atoms with E-state index in [4.69, 9.17) is 16.3 Å². The minimum atomic E-state index is -3.35. The summed E-state index contributed by atoms with van der Waals surface area (Å²) in [4.78, 5) is 12.6. The summed E-state index contributed by atoms with van der Waals surface area (Å²) in [5.74, 6) is 0.234. The van der Waals surface area contributed by atoms with E-state index in [0.717, 1.165) is 12.0 Å². The van der Waals surface area contributed by atoms with E-state index in [1.807, 2.05) is 0 Å². The predicted octanol–water partition coefficient (Wildman–Crippen LogP) is 2.42. The Morgan fingerprint density at radius 3 is 2.85 bits per heavy atom. The minimum absolute atomic E-state index is 0.0903. The SMILES string of the molecule is O=C(c1cc(Cl)cc2c1OCC2)C1CCCCS1(=O)=O. The molecule has 108 valence electrons. The minimum Gasteiger partial charge on any atom is -0.492 e. The number of carbonyl (C=O) groups excluding carboxylic acids is 1. The first kappa shape index (κ1) is 13.9. The maximum absolute atomic E-state index is 12.6. The van der Waals surface area contributed by atoms with Crippen LogP contribution in [0.15, 0.2) is 12.1 Å². The van der Waals surface area contributed by atoms with E-state index in [9.17, 15) is 13.2 Å². The molecule has 1 unspecified atom stereocenters. The van der Waals surface area contributed by atoms with Crippen LogP contribution < -0.4 is 4.74 Å². The van der Waals surface area contributed by atoms with Gasteiger partial charge in [0.25, 0.3) is 0 Å². The first-order chi connectivity index (χ1) is 9.49. The molecule has 0 N–H and O–H groups in total. The van der Waals surface area contributed by atoms with Crippen LogP contribution in [0.4, 0.5) is 0 Å². The molecule has 6 heteroatoms. The van der Waals surface area contributed by atoms with Crippen molar-refractivity contribution in [3.8, 4) is 5.75 Å². The molecule has 20 heavy (non-hydrogen) atoms. The van der Waals surface area contributed by atoms with Gasteiger partial charge in [-0.25, -0.2) is 8.42 Å². The van der Waals surface area contributed by atoms with Crippen LogP contribution in [0.2, 0.25) is 5.02 Å². The fraction of sp³-hybridized carbons (Fsp3) is 0.500. The summed E-state index contributed by atoms with van der Waals surface area (Å²) in [7, 11) is -3.35. The third-order valence-corrected chi connectivity index (χ3v) is 6.28. The first-order valence-electron chi connectivity index (χ1n) is 6.70. The van der Waals surface area contributed by atoms with Gasteiger partial charge in [-0.2, -0.15) is 0 Å². The number of carbonyl (C=O) groups is 1. The van der Waals surface area contributed by atoms with E-state index in [2.05, 4.69) is 0 Å². The number of ketones is 1. The highest BCUT2D eigenvalue weighted by Gasteiger charge is 2.37. The van der Waals surface area contributed by atoms with Gasteiger partial charge in [0, 0.05) is 11.4 Å². The Morgan fingerprint density at radius 1 is 1.30 bits per heavy atom. The van der Waals surface area contributed by atoms with Crippen LogP contribution in [0.5, 0.6) is 5.75 Å². The Bertz CT molecular complexity index is 666. The molecule has 0 radical (unpaired) electrons. The summed E-state index contributed by atoms with van der Waals surface area (Å²) in [6.45, 7) is 0.507. The number of sulfone groups is 1. The summed E-state index contributed by atoms with van der Waals surface area (Å²) in [5.41, 5.74) is 1.20. The summed E-state index contributed by atoms with van der Waals surface area (Å²) in [5, 5.41) is -0.492. The van der Waals surface area contributed by atoms with Gasteiger partial charge < -0.3 is 4.74 Å². The number of benzene rings is 1. The van der Waals surface area contributed by atoms with Crippen molar-refractivity contribution in [3.05, 3.63) is 28.3 Å². The van der Waals surface area contributed by atoms with Crippen molar-refractivity contribution >= 4 is 27.2 Å². The fourth-order valence-corrected chi connectivity index (χ4v) is 4.99. The number of Topliss-reactive ketones (excluding diaryl/α,β-unsaturated/α-hetero) is 1. The smallest absolute Gasteiger partial charge is 0.184 e. The van der Waals surface area contributed by atoms with Crippen LogP contribution in [0.3, 0.4) is 0 Å². The summed E-state index contributed by atoms with van der Waals surface area (Å²) in [6, 6.07) is 3.30. The van der Waals surface area contributed by atoms with Gasteiger partial charge in [0.1, 0.15) is 11.0 Å². The molecule has 2 heterocycles. The second-order valence-corrected chi connectivity index (χ2v) is 8.00. The van der Waals surface area contributed by atoms with Crippen molar-refractivity contribution in [2.45, 2.75) is 30.9 Å². The molecule has 0 aliphatic carbocycles. The molecule has 0 spiro atoms. The maximum atomic E-state index is 12.6. The van der Waals surface area contributed by atoms with Gasteiger partial charge in [-0.05, 0) is 30.5 Å². The number of ether oxygens (including phenoxy) is 1. The monoisotopic (exact) mass is 314 g/mol. The van der Waals surface area contributed by atoms with Crippen molar-refractivity contribution in [1.29, 1.82) is 0 Å². The number of hydrogen-bond donors (Lipinski definition) is 0. The van der Waals surface area contributed by atoms with E-state index in [1.54, 1.807) is 6.07 Å². The number of rotatable bonds is 2. The number of fused-ring (bicyclic) bond motifs is 1. The van der Waals surface area contributed by atoms with Gasteiger partial charge in [-0.1, -0.05) is 18.0 Å². The molecule has 2 aliphatic heterocycles. The average molecular weight is 315 g/mol. The quantitative estimate of drug-likeness (QED) is 0.787. The van der Waals surface area contributed by atoms with Crippen LogP contribution in [-0.4, -0.2) is 31.8 Å². The Labute approximate surface area is 123 Å². The van der Waals surface area contributed by atoms with Crippen LogP contribution in [0, 0.1) is 0 Å². The lowest BCUT2D eigenvalue weighted by atomic mass is 10.0. The Balaban J connectivity index is 2.03. The summed E-state index contributed by atoms with van der Waals surface area (Å²) in [6.07, 6.45) is 2.49. The molecule has 4 nitrogen and oxygen atoms in total. The highest BCUT2D eigenvalue weighted by molar-refractivity contribution is 7.92. The molecule has 1 fully saturated rings. The number of hydrogen-bond acceptors (Lipinski definition) is 4. The van der Waals surface area contributed by atoms with E-state index in [0.29, 0.717) is 42.2 Å². The van der Waals surface area contributed by atoms with E-state index < -0.39 is 15.1 Å². The molecular formula is C14H15ClO4S. The van der Waals surface area contributed by atoms with Gasteiger partial charge in [0.2, 0.25) is 0 Å². The van der Waals surface area contributed by atoms with Gasteiger partial charge in [-0.3, -0.25) is 4.79 Å². The Morgan fingerprint density at radius 2 is 2.10 bits per heavy atom. The highest BCUT2D eigenvalue weighted by atomic mass is 35.5.